The van der Waals surface area contributed by atoms with Crippen LogP contribution in [0.4, 0.5) is 0 Å². The van der Waals surface area contributed by atoms with Crippen LogP contribution in [0.1, 0.15) is 12.5 Å². The van der Waals surface area contributed by atoms with Crippen LogP contribution in [0.15, 0.2) is 30.3 Å². The van der Waals surface area contributed by atoms with Crippen LogP contribution in [0, 0.1) is 0 Å². The van der Waals surface area contributed by atoms with Gasteiger partial charge in [-0.05, 0) is 12.5 Å². The second-order valence-electron chi connectivity index (χ2n) is 2.40. The summed E-state index contributed by atoms with van der Waals surface area (Å²) < 4.78 is 0. The van der Waals surface area contributed by atoms with E-state index in [1.165, 1.54) is 5.56 Å². The molecule has 66 valence electrons. The van der Waals surface area contributed by atoms with Gasteiger partial charge in [-0.25, -0.2) is 0 Å². The zero-order valence-electron chi connectivity index (χ0n) is 6.91. The van der Waals surface area contributed by atoms with Crippen molar-refractivity contribution in [3.8, 4) is 0 Å². The molecular formula is C9H12ClNS. The summed E-state index contributed by atoms with van der Waals surface area (Å²) in [5.41, 5.74) is 1.26. The molecule has 0 atom stereocenters. The van der Waals surface area contributed by atoms with Gasteiger partial charge < -0.3 is 5.32 Å². The van der Waals surface area contributed by atoms with Crippen LogP contribution < -0.4 is 5.32 Å². The van der Waals surface area contributed by atoms with Gasteiger partial charge >= 0.3 is 0 Å². The minimum absolute atomic E-state index is 0. The predicted octanol–water partition coefficient (Wildman–Crippen LogP) is 2.55. The molecular weight excluding hydrogens is 190 g/mol. The van der Waals surface area contributed by atoms with Crippen LogP contribution in [-0.2, 0) is 6.54 Å². The first-order valence-electron chi connectivity index (χ1n) is 3.57. The molecule has 0 aromatic heterocycles. The maximum absolute atomic E-state index is 4.88. The monoisotopic (exact) mass is 201 g/mol. The van der Waals surface area contributed by atoms with Gasteiger partial charge in [0.25, 0.3) is 0 Å². The van der Waals surface area contributed by atoms with Gasteiger partial charge in [0.2, 0.25) is 0 Å². The quantitative estimate of drug-likeness (QED) is 0.739. The molecule has 1 aromatic carbocycles. The molecule has 0 aliphatic heterocycles. The van der Waals surface area contributed by atoms with E-state index in [1.807, 2.05) is 25.1 Å². The molecule has 0 bridgehead atoms. The maximum Gasteiger partial charge on any atom is 0.0724 e. The normalized spacial score (nSPS) is 8.42. The zero-order valence-corrected chi connectivity index (χ0v) is 8.54. The summed E-state index contributed by atoms with van der Waals surface area (Å²) in [6, 6.07) is 10.2. The Bertz CT molecular complexity index is 236. The van der Waals surface area contributed by atoms with Crippen molar-refractivity contribution >= 4 is 29.6 Å². The van der Waals surface area contributed by atoms with E-state index in [4.69, 9.17) is 12.2 Å². The molecule has 0 aliphatic carbocycles. The highest BCUT2D eigenvalue weighted by Gasteiger charge is 1.88. The highest BCUT2D eigenvalue weighted by molar-refractivity contribution is 7.80. The van der Waals surface area contributed by atoms with E-state index in [9.17, 15) is 0 Å². The molecule has 1 aromatic rings. The SMILES string of the molecule is CC(=S)NCc1ccccc1.Cl. The number of hydrogen-bond acceptors (Lipinski definition) is 1. The number of halogens is 1. The molecule has 1 nitrogen and oxygen atoms in total. The Kier molecular flexibility index (Phi) is 5.68. The van der Waals surface area contributed by atoms with Crippen molar-refractivity contribution < 1.29 is 0 Å². The molecule has 0 unspecified atom stereocenters. The molecule has 0 saturated heterocycles. The maximum atomic E-state index is 4.88. The molecule has 0 spiro atoms. The van der Waals surface area contributed by atoms with Gasteiger partial charge in [-0.2, -0.15) is 0 Å². The van der Waals surface area contributed by atoms with E-state index in [-0.39, 0.29) is 12.4 Å². The standard InChI is InChI=1S/C9H11NS.ClH/c1-8(11)10-7-9-5-3-2-4-6-9;/h2-6H,7H2,1H3,(H,10,11);1H. The largest absolute Gasteiger partial charge is 0.376 e. The van der Waals surface area contributed by atoms with Crippen molar-refractivity contribution in [1.29, 1.82) is 0 Å². The first-order valence-corrected chi connectivity index (χ1v) is 3.98. The number of rotatable bonds is 2. The van der Waals surface area contributed by atoms with E-state index in [0.717, 1.165) is 11.5 Å². The van der Waals surface area contributed by atoms with E-state index in [1.54, 1.807) is 0 Å². The van der Waals surface area contributed by atoms with Crippen LogP contribution in [0.5, 0.6) is 0 Å². The van der Waals surface area contributed by atoms with Gasteiger partial charge in [0.1, 0.15) is 0 Å². The molecule has 0 radical (unpaired) electrons. The van der Waals surface area contributed by atoms with Gasteiger partial charge in [0, 0.05) is 6.54 Å². The average Bonchev–Trinajstić information content (AvgIpc) is 2.03. The molecule has 0 amide bonds. The molecule has 0 fully saturated rings. The van der Waals surface area contributed by atoms with Crippen molar-refractivity contribution in [2.24, 2.45) is 0 Å². The molecule has 3 heteroatoms. The fourth-order valence-corrected chi connectivity index (χ4v) is 0.895. The number of benzene rings is 1. The lowest BCUT2D eigenvalue weighted by molar-refractivity contribution is 0.924. The fraction of sp³-hybridized carbons (Fsp3) is 0.222. The Balaban J connectivity index is 0.00000121. The lowest BCUT2D eigenvalue weighted by Crippen LogP contribution is -2.16. The van der Waals surface area contributed by atoms with Crippen LogP contribution in [-0.4, -0.2) is 4.99 Å². The summed E-state index contributed by atoms with van der Waals surface area (Å²) in [4.78, 5) is 0.842. The molecule has 1 rings (SSSR count). The van der Waals surface area contributed by atoms with Gasteiger partial charge in [-0.3, -0.25) is 0 Å². The predicted molar refractivity (Wildman–Crippen MR) is 58.8 cm³/mol. The van der Waals surface area contributed by atoms with Gasteiger partial charge in [-0.15, -0.1) is 12.4 Å². The van der Waals surface area contributed by atoms with Crippen LogP contribution in [0.25, 0.3) is 0 Å². The van der Waals surface area contributed by atoms with Crippen LogP contribution >= 0.6 is 24.6 Å². The second-order valence-corrected chi connectivity index (χ2v) is 3.01. The molecule has 1 N–H and O–H groups in total. The number of thiocarbonyl (C=S) groups is 1. The van der Waals surface area contributed by atoms with Crippen molar-refractivity contribution in [3.05, 3.63) is 35.9 Å². The van der Waals surface area contributed by atoms with Crippen LogP contribution in [0.3, 0.4) is 0 Å². The second kappa shape index (κ2) is 5.98. The van der Waals surface area contributed by atoms with Gasteiger partial charge in [0.05, 0.1) is 4.99 Å². The Morgan fingerprint density at radius 1 is 1.33 bits per heavy atom. The van der Waals surface area contributed by atoms with Crippen molar-refractivity contribution in [2.45, 2.75) is 13.5 Å². The van der Waals surface area contributed by atoms with Gasteiger partial charge in [-0.1, -0.05) is 42.5 Å². The third-order valence-corrected chi connectivity index (χ3v) is 1.53. The Morgan fingerprint density at radius 2 is 1.92 bits per heavy atom. The first-order chi connectivity index (χ1) is 5.29. The lowest BCUT2D eigenvalue weighted by atomic mass is 10.2. The highest BCUT2D eigenvalue weighted by Crippen LogP contribution is 1.96. The van der Waals surface area contributed by atoms with E-state index in [2.05, 4.69) is 17.4 Å². The Morgan fingerprint density at radius 3 is 2.42 bits per heavy atom. The highest BCUT2D eigenvalue weighted by atomic mass is 35.5. The van der Waals surface area contributed by atoms with Crippen molar-refractivity contribution in [2.75, 3.05) is 0 Å². The molecule has 0 heterocycles. The third kappa shape index (κ3) is 4.31. The van der Waals surface area contributed by atoms with Gasteiger partial charge in [0.15, 0.2) is 0 Å². The first kappa shape index (κ1) is 11.4. The topological polar surface area (TPSA) is 12.0 Å². The van der Waals surface area contributed by atoms with Crippen molar-refractivity contribution in [3.63, 3.8) is 0 Å². The molecule has 0 aliphatic rings. The van der Waals surface area contributed by atoms with E-state index < -0.39 is 0 Å². The fourth-order valence-electron chi connectivity index (χ4n) is 0.822. The summed E-state index contributed by atoms with van der Waals surface area (Å²) in [5, 5.41) is 3.09. The minimum Gasteiger partial charge on any atom is -0.376 e. The Labute approximate surface area is 84.6 Å². The Hall–Kier alpha value is -0.600. The summed E-state index contributed by atoms with van der Waals surface area (Å²) in [5.74, 6) is 0. The van der Waals surface area contributed by atoms with Crippen LogP contribution in [0.2, 0.25) is 0 Å². The third-order valence-electron chi connectivity index (χ3n) is 1.38. The smallest absolute Gasteiger partial charge is 0.0724 e. The lowest BCUT2D eigenvalue weighted by Gasteiger charge is -2.02. The molecule has 0 saturated carbocycles. The summed E-state index contributed by atoms with van der Waals surface area (Å²) in [6.45, 7) is 2.72. The van der Waals surface area contributed by atoms with E-state index >= 15 is 0 Å². The zero-order chi connectivity index (χ0) is 8.10. The minimum atomic E-state index is 0. The molecule has 12 heavy (non-hydrogen) atoms. The summed E-state index contributed by atoms with van der Waals surface area (Å²) in [7, 11) is 0. The number of nitrogens with one attached hydrogen (secondary N) is 1. The average molecular weight is 202 g/mol. The van der Waals surface area contributed by atoms with E-state index in [0.29, 0.717) is 0 Å². The number of hydrogen-bond donors (Lipinski definition) is 1. The summed E-state index contributed by atoms with van der Waals surface area (Å²) >= 11 is 4.88. The van der Waals surface area contributed by atoms with Crippen molar-refractivity contribution in [1.82, 2.24) is 5.32 Å². The summed E-state index contributed by atoms with van der Waals surface area (Å²) in [6.07, 6.45) is 0.